The van der Waals surface area contributed by atoms with E-state index in [-0.39, 0.29) is 18.8 Å². The van der Waals surface area contributed by atoms with E-state index in [0.717, 1.165) is 30.6 Å². The van der Waals surface area contributed by atoms with Crippen LogP contribution in [0.2, 0.25) is 0 Å². The second kappa shape index (κ2) is 7.95. The third-order valence-corrected chi connectivity index (χ3v) is 7.39. The molecule has 3 saturated carbocycles. The summed E-state index contributed by atoms with van der Waals surface area (Å²) in [7, 11) is 0. The molecule has 0 amide bonds. The predicted octanol–water partition coefficient (Wildman–Crippen LogP) is 6.59. The molecule has 3 fully saturated rings. The van der Waals surface area contributed by atoms with Crippen molar-refractivity contribution in [2.24, 2.45) is 35.5 Å². The topological polar surface area (TPSA) is 0 Å². The molecule has 0 spiro atoms. The first-order chi connectivity index (χ1) is 11.5. The molecule has 0 aromatic rings. The summed E-state index contributed by atoms with van der Waals surface area (Å²) < 4.78 is 53.7. The highest BCUT2D eigenvalue weighted by Gasteiger charge is 2.46. The van der Waals surface area contributed by atoms with Gasteiger partial charge in [0, 0.05) is 0 Å². The summed E-state index contributed by atoms with van der Waals surface area (Å²) in [5, 5.41) is 0. The van der Waals surface area contributed by atoms with Crippen molar-refractivity contribution in [2.45, 2.75) is 89.9 Å². The van der Waals surface area contributed by atoms with Gasteiger partial charge in [-0.2, -0.15) is 0 Å². The Bertz CT molecular complexity index is 371. The van der Waals surface area contributed by atoms with Gasteiger partial charge in [0.25, 0.3) is 0 Å². The van der Waals surface area contributed by atoms with Crippen molar-refractivity contribution in [2.75, 3.05) is 0 Å². The molecule has 4 heteroatoms. The Hall–Kier alpha value is -0.280. The van der Waals surface area contributed by atoms with Gasteiger partial charge in [0.05, 0.1) is 5.92 Å². The second-order valence-corrected chi connectivity index (χ2v) is 8.87. The molecule has 24 heavy (non-hydrogen) atoms. The molecule has 0 saturated heterocycles. The molecule has 2 unspecified atom stereocenters. The lowest BCUT2D eigenvalue weighted by molar-refractivity contribution is -0.0645. The highest BCUT2D eigenvalue weighted by molar-refractivity contribution is 4.92. The second-order valence-electron chi connectivity index (χ2n) is 8.87. The van der Waals surface area contributed by atoms with Gasteiger partial charge in [0.2, 0.25) is 6.43 Å². The van der Waals surface area contributed by atoms with Crippen molar-refractivity contribution in [1.82, 2.24) is 0 Å². The first-order valence-corrected chi connectivity index (χ1v) is 10.0. The SMILES string of the molecule is CC1CCC(C2CCC(C3CC(F)C(C(F)F)C(F)C3)CC2)CC1. The first kappa shape index (κ1) is 18.5. The van der Waals surface area contributed by atoms with Crippen molar-refractivity contribution in [3.8, 4) is 0 Å². The molecule has 2 atom stereocenters. The van der Waals surface area contributed by atoms with E-state index >= 15 is 0 Å². The Kier molecular flexibility index (Phi) is 6.13. The largest absolute Gasteiger partial charge is 0.247 e. The first-order valence-electron chi connectivity index (χ1n) is 10.0. The average molecular weight is 348 g/mol. The zero-order valence-corrected chi connectivity index (χ0v) is 14.8. The molecule has 0 nitrogen and oxygen atoms in total. The highest BCUT2D eigenvalue weighted by Crippen LogP contribution is 2.47. The van der Waals surface area contributed by atoms with Crippen LogP contribution in [0.3, 0.4) is 0 Å². The molecule has 0 aliphatic heterocycles. The van der Waals surface area contributed by atoms with Gasteiger partial charge in [-0.05, 0) is 81.0 Å². The summed E-state index contributed by atoms with van der Waals surface area (Å²) in [6.07, 6.45) is 3.87. The third-order valence-electron chi connectivity index (χ3n) is 7.39. The van der Waals surface area contributed by atoms with Gasteiger partial charge in [-0.1, -0.05) is 19.8 Å². The van der Waals surface area contributed by atoms with Crippen molar-refractivity contribution in [3.05, 3.63) is 0 Å². The van der Waals surface area contributed by atoms with Crippen LogP contribution >= 0.6 is 0 Å². The fourth-order valence-corrected chi connectivity index (χ4v) is 5.76. The molecule has 0 radical (unpaired) electrons. The van der Waals surface area contributed by atoms with Crippen molar-refractivity contribution < 1.29 is 17.6 Å². The number of hydrogen-bond donors (Lipinski definition) is 0. The fraction of sp³-hybridized carbons (Fsp3) is 1.00. The van der Waals surface area contributed by atoms with E-state index in [1.54, 1.807) is 0 Å². The lowest BCUT2D eigenvalue weighted by Gasteiger charge is -2.42. The van der Waals surface area contributed by atoms with Crippen LogP contribution in [0.4, 0.5) is 17.6 Å². The van der Waals surface area contributed by atoms with Gasteiger partial charge in [0.1, 0.15) is 12.3 Å². The van der Waals surface area contributed by atoms with E-state index in [4.69, 9.17) is 0 Å². The molecule has 0 N–H and O–H groups in total. The summed E-state index contributed by atoms with van der Waals surface area (Å²) in [5.41, 5.74) is 0. The monoisotopic (exact) mass is 348 g/mol. The van der Waals surface area contributed by atoms with Crippen LogP contribution in [0.1, 0.15) is 71.1 Å². The van der Waals surface area contributed by atoms with Crippen LogP contribution in [0.15, 0.2) is 0 Å². The molecular weight excluding hydrogens is 316 g/mol. The molecule has 0 aromatic heterocycles. The smallest absolute Gasteiger partial charge is 0.247 e. The fourth-order valence-electron chi connectivity index (χ4n) is 5.76. The molecular formula is C20H32F4. The average Bonchev–Trinajstić information content (AvgIpc) is 2.54. The van der Waals surface area contributed by atoms with Crippen LogP contribution in [-0.4, -0.2) is 18.8 Å². The van der Waals surface area contributed by atoms with Crippen LogP contribution < -0.4 is 0 Å². The molecule has 0 heterocycles. The Morgan fingerprint density at radius 3 is 1.42 bits per heavy atom. The van der Waals surface area contributed by atoms with E-state index in [9.17, 15) is 17.6 Å². The van der Waals surface area contributed by atoms with Gasteiger partial charge >= 0.3 is 0 Å². The van der Waals surface area contributed by atoms with Crippen molar-refractivity contribution in [3.63, 3.8) is 0 Å². The zero-order valence-electron chi connectivity index (χ0n) is 14.8. The lowest BCUT2D eigenvalue weighted by atomic mass is 9.64. The highest BCUT2D eigenvalue weighted by atomic mass is 19.3. The third kappa shape index (κ3) is 4.09. The van der Waals surface area contributed by atoms with E-state index in [1.807, 2.05) is 0 Å². The summed E-state index contributed by atoms with van der Waals surface area (Å²) in [4.78, 5) is 0. The quantitative estimate of drug-likeness (QED) is 0.505. The van der Waals surface area contributed by atoms with Gasteiger partial charge in [-0.3, -0.25) is 0 Å². The van der Waals surface area contributed by atoms with E-state index in [2.05, 4.69) is 6.92 Å². The van der Waals surface area contributed by atoms with E-state index < -0.39 is 24.7 Å². The Morgan fingerprint density at radius 1 is 0.625 bits per heavy atom. The number of rotatable bonds is 3. The van der Waals surface area contributed by atoms with Crippen LogP contribution in [0.5, 0.6) is 0 Å². The van der Waals surface area contributed by atoms with Gasteiger partial charge in [0.15, 0.2) is 0 Å². The molecule has 3 aliphatic rings. The van der Waals surface area contributed by atoms with Crippen molar-refractivity contribution >= 4 is 0 Å². The molecule has 3 aliphatic carbocycles. The van der Waals surface area contributed by atoms with E-state index in [1.165, 1.54) is 38.5 Å². The molecule has 3 rings (SSSR count). The minimum atomic E-state index is -2.87. The summed E-state index contributed by atoms with van der Waals surface area (Å²) in [6, 6.07) is 0. The van der Waals surface area contributed by atoms with E-state index in [0.29, 0.717) is 5.92 Å². The van der Waals surface area contributed by atoms with Crippen LogP contribution in [-0.2, 0) is 0 Å². The minimum absolute atomic E-state index is 0.0303. The minimum Gasteiger partial charge on any atom is -0.247 e. The normalized spacial score (nSPS) is 47.8. The number of halogens is 4. The lowest BCUT2D eigenvalue weighted by Crippen LogP contribution is -2.42. The predicted molar refractivity (Wildman–Crippen MR) is 88.6 cm³/mol. The van der Waals surface area contributed by atoms with Crippen LogP contribution in [0.25, 0.3) is 0 Å². The Labute approximate surface area is 143 Å². The molecule has 0 aromatic carbocycles. The maximum absolute atomic E-state index is 14.0. The number of alkyl halides is 4. The summed E-state index contributed by atoms with van der Waals surface area (Å²) in [5.74, 6) is 1.12. The summed E-state index contributed by atoms with van der Waals surface area (Å²) >= 11 is 0. The molecule has 0 bridgehead atoms. The maximum atomic E-state index is 14.0. The zero-order chi connectivity index (χ0) is 17.3. The Morgan fingerprint density at radius 2 is 1.00 bits per heavy atom. The standard InChI is InChI=1S/C20H32F4/c1-12-2-4-13(5-3-12)14-6-8-15(9-7-14)16-10-17(21)19(20(23)24)18(22)11-16/h12-20H,2-11H2,1H3. The summed E-state index contributed by atoms with van der Waals surface area (Å²) in [6.45, 7) is 2.34. The van der Waals surface area contributed by atoms with Gasteiger partial charge in [-0.25, -0.2) is 17.6 Å². The van der Waals surface area contributed by atoms with Crippen molar-refractivity contribution in [1.29, 1.82) is 0 Å². The number of hydrogen-bond acceptors (Lipinski definition) is 0. The van der Waals surface area contributed by atoms with Gasteiger partial charge in [-0.15, -0.1) is 0 Å². The maximum Gasteiger partial charge on any atom is 0.247 e. The Balaban J connectivity index is 1.48. The molecule has 140 valence electrons. The van der Waals surface area contributed by atoms with Gasteiger partial charge < -0.3 is 0 Å². The van der Waals surface area contributed by atoms with Crippen LogP contribution in [0, 0.1) is 35.5 Å².